The standard InChI is InChI=1S/C22H16F2N2O4S/c1-31(29,30)25-21(27)15-5-6-16-12-26(22(28)18(16)10-15)17-4-2-3-13(9-17)14-7-8-19(23)20(24)11-14/h2-11H,12H2,1H3,(H,25,27). The molecule has 1 heterocycles. The van der Waals surface area contributed by atoms with Gasteiger partial charge in [-0.25, -0.2) is 21.9 Å². The van der Waals surface area contributed by atoms with Gasteiger partial charge in [0.15, 0.2) is 11.6 Å². The molecule has 0 radical (unpaired) electrons. The maximum Gasteiger partial charge on any atom is 0.264 e. The lowest BCUT2D eigenvalue weighted by Crippen LogP contribution is -2.29. The number of carbonyl (C=O) groups is 2. The van der Waals surface area contributed by atoms with E-state index in [-0.39, 0.29) is 18.0 Å². The first-order chi connectivity index (χ1) is 14.6. The molecule has 0 saturated carbocycles. The molecule has 0 aliphatic carbocycles. The second-order valence-electron chi connectivity index (χ2n) is 7.15. The largest absolute Gasteiger partial charge is 0.304 e. The number of carbonyl (C=O) groups excluding carboxylic acids is 2. The fourth-order valence-corrected chi connectivity index (χ4v) is 3.86. The molecule has 0 spiro atoms. The number of fused-ring (bicyclic) bond motifs is 1. The van der Waals surface area contributed by atoms with E-state index in [4.69, 9.17) is 0 Å². The third-order valence-electron chi connectivity index (χ3n) is 4.86. The highest BCUT2D eigenvalue weighted by atomic mass is 32.2. The van der Waals surface area contributed by atoms with Crippen LogP contribution in [0.2, 0.25) is 0 Å². The number of nitrogens with one attached hydrogen (secondary N) is 1. The summed E-state index contributed by atoms with van der Waals surface area (Å²) in [5.41, 5.74) is 2.64. The van der Waals surface area contributed by atoms with Gasteiger partial charge in [0.05, 0.1) is 12.8 Å². The van der Waals surface area contributed by atoms with Gasteiger partial charge < -0.3 is 4.90 Å². The third-order valence-corrected chi connectivity index (χ3v) is 5.42. The molecule has 0 saturated heterocycles. The Morgan fingerprint density at radius 2 is 1.71 bits per heavy atom. The van der Waals surface area contributed by atoms with E-state index in [1.54, 1.807) is 30.3 Å². The van der Waals surface area contributed by atoms with Crippen LogP contribution in [0.25, 0.3) is 11.1 Å². The summed E-state index contributed by atoms with van der Waals surface area (Å²) >= 11 is 0. The van der Waals surface area contributed by atoms with Gasteiger partial charge in [0.1, 0.15) is 0 Å². The maximum atomic E-state index is 13.6. The van der Waals surface area contributed by atoms with Gasteiger partial charge in [-0.2, -0.15) is 0 Å². The van der Waals surface area contributed by atoms with Gasteiger partial charge >= 0.3 is 0 Å². The first-order valence-electron chi connectivity index (χ1n) is 9.15. The van der Waals surface area contributed by atoms with Crippen molar-refractivity contribution in [2.24, 2.45) is 0 Å². The Bertz CT molecular complexity index is 1340. The lowest BCUT2D eigenvalue weighted by molar-refractivity contribution is 0.0981. The number of halogens is 2. The first-order valence-corrected chi connectivity index (χ1v) is 11.0. The van der Waals surface area contributed by atoms with Crippen LogP contribution in [0.3, 0.4) is 0 Å². The summed E-state index contributed by atoms with van der Waals surface area (Å²) in [5, 5.41) is 0. The van der Waals surface area contributed by atoms with Crippen molar-refractivity contribution in [2.45, 2.75) is 6.54 Å². The Morgan fingerprint density at radius 3 is 2.42 bits per heavy atom. The fourth-order valence-electron chi connectivity index (χ4n) is 3.41. The predicted molar refractivity (Wildman–Crippen MR) is 111 cm³/mol. The van der Waals surface area contributed by atoms with E-state index in [0.29, 0.717) is 27.9 Å². The normalized spacial score (nSPS) is 13.3. The van der Waals surface area contributed by atoms with Gasteiger partial charge in [-0.15, -0.1) is 0 Å². The van der Waals surface area contributed by atoms with E-state index in [9.17, 15) is 26.8 Å². The number of anilines is 1. The van der Waals surface area contributed by atoms with Gasteiger partial charge in [-0.1, -0.05) is 24.3 Å². The minimum Gasteiger partial charge on any atom is -0.304 e. The van der Waals surface area contributed by atoms with Gasteiger partial charge in [0.2, 0.25) is 10.0 Å². The van der Waals surface area contributed by atoms with Crippen LogP contribution in [0.15, 0.2) is 60.7 Å². The van der Waals surface area contributed by atoms with Crippen molar-refractivity contribution < 1.29 is 26.8 Å². The average molecular weight is 442 g/mol. The molecule has 3 aromatic rings. The summed E-state index contributed by atoms with van der Waals surface area (Å²) in [5.74, 6) is -3.09. The van der Waals surface area contributed by atoms with Gasteiger partial charge in [0.25, 0.3) is 11.8 Å². The van der Waals surface area contributed by atoms with Gasteiger partial charge in [-0.3, -0.25) is 9.59 Å². The van der Waals surface area contributed by atoms with Crippen LogP contribution in [-0.4, -0.2) is 26.5 Å². The Labute approximate surface area is 177 Å². The fraction of sp³-hybridized carbons (Fsp3) is 0.0909. The number of hydrogen-bond donors (Lipinski definition) is 1. The van der Waals surface area contributed by atoms with Crippen LogP contribution in [0.5, 0.6) is 0 Å². The minimum atomic E-state index is -3.73. The van der Waals surface area contributed by atoms with Crippen LogP contribution in [0.4, 0.5) is 14.5 Å². The van der Waals surface area contributed by atoms with E-state index in [1.807, 2.05) is 4.72 Å². The molecule has 2 amide bonds. The maximum absolute atomic E-state index is 13.6. The third kappa shape index (κ3) is 4.17. The monoisotopic (exact) mass is 442 g/mol. The van der Waals surface area contributed by atoms with Gasteiger partial charge in [0, 0.05) is 16.8 Å². The number of rotatable bonds is 4. The van der Waals surface area contributed by atoms with Crippen molar-refractivity contribution in [1.82, 2.24) is 4.72 Å². The van der Waals surface area contributed by atoms with E-state index in [1.165, 1.54) is 23.1 Å². The number of sulfonamides is 1. The molecule has 1 aliphatic heterocycles. The Balaban J connectivity index is 1.63. The molecule has 3 aromatic carbocycles. The minimum absolute atomic E-state index is 0.0508. The SMILES string of the molecule is CS(=O)(=O)NC(=O)c1ccc2c(c1)C(=O)N(c1cccc(-c3ccc(F)c(F)c3)c1)C2. The van der Waals surface area contributed by atoms with Crippen molar-refractivity contribution in [1.29, 1.82) is 0 Å². The van der Waals surface area contributed by atoms with Crippen molar-refractivity contribution in [3.8, 4) is 11.1 Å². The van der Waals surface area contributed by atoms with Crippen molar-refractivity contribution in [3.05, 3.63) is 89.0 Å². The van der Waals surface area contributed by atoms with Crippen molar-refractivity contribution in [3.63, 3.8) is 0 Å². The molecule has 6 nitrogen and oxygen atoms in total. The molecule has 0 atom stereocenters. The molecule has 31 heavy (non-hydrogen) atoms. The van der Waals surface area contributed by atoms with E-state index in [2.05, 4.69) is 0 Å². The van der Waals surface area contributed by atoms with E-state index >= 15 is 0 Å². The molecular weight excluding hydrogens is 426 g/mol. The topological polar surface area (TPSA) is 83.5 Å². The molecule has 0 fully saturated rings. The zero-order chi connectivity index (χ0) is 22.3. The number of hydrogen-bond acceptors (Lipinski definition) is 4. The van der Waals surface area contributed by atoms with E-state index < -0.39 is 27.6 Å². The smallest absolute Gasteiger partial charge is 0.264 e. The molecule has 0 aromatic heterocycles. The molecule has 9 heteroatoms. The molecule has 4 rings (SSSR count). The highest BCUT2D eigenvalue weighted by Gasteiger charge is 2.29. The van der Waals surface area contributed by atoms with Crippen LogP contribution < -0.4 is 9.62 Å². The van der Waals surface area contributed by atoms with Gasteiger partial charge in [-0.05, 0) is 53.1 Å². The van der Waals surface area contributed by atoms with Crippen LogP contribution in [0, 0.1) is 11.6 Å². The highest BCUT2D eigenvalue weighted by Crippen LogP contribution is 2.32. The molecule has 158 valence electrons. The van der Waals surface area contributed by atoms with Crippen LogP contribution in [-0.2, 0) is 16.6 Å². The first kappa shape index (κ1) is 20.7. The molecular formula is C22H16F2N2O4S. The quantitative estimate of drug-likeness (QED) is 0.671. The Kier molecular flexibility index (Phi) is 5.06. The van der Waals surface area contributed by atoms with Crippen molar-refractivity contribution in [2.75, 3.05) is 11.2 Å². The van der Waals surface area contributed by atoms with E-state index in [0.717, 1.165) is 18.4 Å². The molecule has 1 N–H and O–H groups in total. The molecule has 0 unspecified atom stereocenters. The van der Waals surface area contributed by atoms with Crippen LogP contribution >= 0.6 is 0 Å². The number of amides is 2. The number of nitrogens with zero attached hydrogens (tertiary/aromatic N) is 1. The predicted octanol–water partition coefficient (Wildman–Crippen LogP) is 3.48. The zero-order valence-electron chi connectivity index (χ0n) is 16.2. The summed E-state index contributed by atoms with van der Waals surface area (Å²) in [4.78, 5) is 26.6. The lowest BCUT2D eigenvalue weighted by Gasteiger charge is -2.17. The zero-order valence-corrected chi connectivity index (χ0v) is 17.0. The molecule has 0 bridgehead atoms. The highest BCUT2D eigenvalue weighted by molar-refractivity contribution is 7.89. The second-order valence-corrected chi connectivity index (χ2v) is 8.89. The summed E-state index contributed by atoms with van der Waals surface area (Å²) in [6, 6.07) is 14.8. The number of benzene rings is 3. The van der Waals surface area contributed by atoms with Crippen LogP contribution in [0.1, 0.15) is 26.3 Å². The summed E-state index contributed by atoms with van der Waals surface area (Å²) in [6.45, 7) is 0.253. The lowest BCUT2D eigenvalue weighted by atomic mass is 10.0. The van der Waals surface area contributed by atoms with Crippen molar-refractivity contribution >= 4 is 27.5 Å². The average Bonchev–Trinajstić information content (AvgIpc) is 3.05. The summed E-state index contributed by atoms with van der Waals surface area (Å²) in [6.07, 6.45) is 0.866. The summed E-state index contributed by atoms with van der Waals surface area (Å²) < 4.78 is 51.3. The Morgan fingerprint density at radius 1 is 0.968 bits per heavy atom. The second kappa shape index (κ2) is 7.59. The Hall–Kier alpha value is -3.59. The molecule has 1 aliphatic rings. The summed E-state index contributed by atoms with van der Waals surface area (Å²) in [7, 11) is -3.73.